The van der Waals surface area contributed by atoms with Crippen molar-refractivity contribution in [3.8, 4) is 5.88 Å². The fourth-order valence-electron chi connectivity index (χ4n) is 2.67. The largest absolute Gasteiger partial charge is 0.481 e. The lowest BCUT2D eigenvalue weighted by Gasteiger charge is -2.14. The topological polar surface area (TPSA) is 149 Å². The van der Waals surface area contributed by atoms with Crippen molar-refractivity contribution in [2.75, 3.05) is 31.8 Å². The van der Waals surface area contributed by atoms with Gasteiger partial charge in [-0.25, -0.2) is 27.7 Å². The number of sulfonamides is 1. The van der Waals surface area contributed by atoms with Crippen LogP contribution in [0.5, 0.6) is 5.88 Å². The molecule has 1 unspecified atom stereocenters. The first-order chi connectivity index (χ1) is 15.2. The summed E-state index contributed by atoms with van der Waals surface area (Å²) in [5, 5.41) is 2.57. The highest BCUT2D eigenvalue weighted by molar-refractivity contribution is 8.15. The number of carbonyl (C=O) groups is 2. The van der Waals surface area contributed by atoms with Gasteiger partial charge < -0.3 is 9.47 Å². The number of urea groups is 1. The first-order valence-electron chi connectivity index (χ1n) is 9.04. The highest BCUT2D eigenvalue weighted by Crippen LogP contribution is 2.31. The highest BCUT2D eigenvalue weighted by Gasteiger charge is 2.26. The molecule has 0 saturated heterocycles. The van der Waals surface area contributed by atoms with Crippen molar-refractivity contribution in [2.45, 2.75) is 10.1 Å². The quantitative estimate of drug-likeness (QED) is 0.385. The predicted octanol–water partition coefficient (Wildman–Crippen LogP) is 1.90. The Kier molecular flexibility index (Phi) is 7.58. The number of hydrogen-bond donors (Lipinski definition) is 3. The number of rotatable bonds is 7. The Balaban J connectivity index is 1.82. The number of benzene rings is 1. The summed E-state index contributed by atoms with van der Waals surface area (Å²) in [5.41, 5.74) is 0.200. The number of amides is 2. The number of anilines is 1. The number of thiol groups is 1. The summed E-state index contributed by atoms with van der Waals surface area (Å²) < 4.78 is 36.9. The molecule has 2 amide bonds. The zero-order valence-electron chi connectivity index (χ0n) is 16.9. The van der Waals surface area contributed by atoms with Gasteiger partial charge in [0.15, 0.2) is 0 Å². The molecule has 14 heteroatoms. The molecule has 11 nitrogen and oxygen atoms in total. The summed E-state index contributed by atoms with van der Waals surface area (Å²) in [6.07, 6.45) is 0. The molecule has 2 N–H and O–H groups in total. The molecule has 1 aromatic carbocycles. The molecule has 1 aliphatic rings. The number of nitrogens with zero attached hydrogens (tertiary/aromatic N) is 3. The van der Waals surface area contributed by atoms with Crippen molar-refractivity contribution in [1.29, 1.82) is 0 Å². The number of aromatic nitrogens is 2. The maximum Gasteiger partial charge on any atom is 0.339 e. The lowest BCUT2D eigenvalue weighted by Crippen LogP contribution is -2.35. The molecule has 170 valence electrons. The number of ether oxygens (including phenoxy) is 2. The SMILES string of the molecule is COC(=O)c1ccccc1S(=O)(=O)NC(=O)Nc1nc(OC)cc(C(S)C2=NCCS2)n1. The van der Waals surface area contributed by atoms with Gasteiger partial charge in [-0.1, -0.05) is 12.1 Å². The van der Waals surface area contributed by atoms with Crippen LogP contribution in [0.1, 0.15) is 21.3 Å². The van der Waals surface area contributed by atoms with Crippen LogP contribution in [-0.4, -0.2) is 61.9 Å². The van der Waals surface area contributed by atoms with Crippen LogP contribution >= 0.6 is 24.4 Å². The Labute approximate surface area is 193 Å². The molecular formula is C18H19N5O6S3. The first-order valence-corrected chi connectivity index (χ1v) is 12.0. The van der Waals surface area contributed by atoms with Crippen molar-refractivity contribution >= 4 is 57.4 Å². The Hall–Kier alpha value is -2.84. The van der Waals surface area contributed by atoms with Crippen LogP contribution in [0, 0.1) is 0 Å². The van der Waals surface area contributed by atoms with Gasteiger partial charge in [-0.2, -0.15) is 17.6 Å². The average molecular weight is 498 g/mol. The second-order valence-electron chi connectivity index (χ2n) is 6.18. The highest BCUT2D eigenvalue weighted by atomic mass is 32.2. The monoisotopic (exact) mass is 497 g/mol. The molecule has 0 spiro atoms. The summed E-state index contributed by atoms with van der Waals surface area (Å²) in [5.74, 6) is -0.0741. The van der Waals surface area contributed by atoms with Crippen LogP contribution in [0.2, 0.25) is 0 Å². The minimum atomic E-state index is -4.41. The van der Waals surface area contributed by atoms with Gasteiger partial charge in [0, 0.05) is 18.4 Å². The molecular weight excluding hydrogens is 478 g/mol. The van der Waals surface area contributed by atoms with Crippen molar-refractivity contribution < 1.29 is 27.5 Å². The van der Waals surface area contributed by atoms with E-state index in [0.717, 1.165) is 17.9 Å². The summed E-state index contributed by atoms with van der Waals surface area (Å²) in [4.78, 5) is 36.4. The minimum absolute atomic E-state index is 0.145. The van der Waals surface area contributed by atoms with E-state index in [9.17, 15) is 18.0 Å². The summed E-state index contributed by atoms with van der Waals surface area (Å²) in [6.45, 7) is 0.678. The van der Waals surface area contributed by atoms with Crippen molar-refractivity contribution in [1.82, 2.24) is 14.7 Å². The van der Waals surface area contributed by atoms with E-state index in [2.05, 4.69) is 37.6 Å². The standard InChI is InChI=1S/C18H19N5O6S3/c1-28-13-9-11(14(30)15-19-7-8-31-15)20-17(21-13)22-18(25)23-32(26,27)12-6-4-3-5-10(12)16(24)29-2/h3-6,9,14,30H,7-8H2,1-2H3,(H2,20,21,22,23,25). The molecule has 0 saturated carbocycles. The van der Waals surface area contributed by atoms with Crippen LogP contribution in [0.3, 0.4) is 0 Å². The number of methoxy groups -OCH3 is 2. The third kappa shape index (κ3) is 5.49. The fraction of sp³-hybridized carbons (Fsp3) is 0.278. The predicted molar refractivity (Wildman–Crippen MR) is 122 cm³/mol. The van der Waals surface area contributed by atoms with Gasteiger partial charge in [-0.15, -0.1) is 11.8 Å². The van der Waals surface area contributed by atoms with Crippen LogP contribution < -0.4 is 14.8 Å². The van der Waals surface area contributed by atoms with Gasteiger partial charge in [-0.3, -0.25) is 10.3 Å². The molecule has 32 heavy (non-hydrogen) atoms. The molecule has 0 aliphatic carbocycles. The number of esters is 1. The van der Waals surface area contributed by atoms with Gasteiger partial charge >= 0.3 is 12.0 Å². The van der Waals surface area contributed by atoms with Crippen LogP contribution in [0.15, 0.2) is 40.2 Å². The second kappa shape index (κ2) is 10.2. The zero-order valence-corrected chi connectivity index (χ0v) is 19.5. The Bertz CT molecular complexity index is 1170. The van der Waals surface area contributed by atoms with E-state index in [1.165, 1.54) is 31.4 Å². The minimum Gasteiger partial charge on any atom is -0.481 e. The smallest absolute Gasteiger partial charge is 0.339 e. The third-order valence-corrected chi connectivity index (χ3v) is 7.21. The molecule has 0 bridgehead atoms. The van der Waals surface area contributed by atoms with Crippen molar-refractivity contribution in [3.05, 3.63) is 41.6 Å². The van der Waals surface area contributed by atoms with Crippen LogP contribution in [0.4, 0.5) is 10.7 Å². The summed E-state index contributed by atoms with van der Waals surface area (Å²) in [6, 6.07) is 5.74. The summed E-state index contributed by atoms with van der Waals surface area (Å²) >= 11 is 6.07. The van der Waals surface area contributed by atoms with Crippen LogP contribution in [-0.2, 0) is 14.8 Å². The molecule has 2 aromatic rings. The average Bonchev–Trinajstić information content (AvgIpc) is 3.32. The number of hydrogen-bond acceptors (Lipinski definition) is 11. The lowest BCUT2D eigenvalue weighted by atomic mass is 10.2. The number of aliphatic imine (C=N–C) groups is 1. The van der Waals surface area contributed by atoms with E-state index in [1.807, 2.05) is 4.72 Å². The third-order valence-electron chi connectivity index (χ3n) is 4.09. The van der Waals surface area contributed by atoms with E-state index < -0.39 is 32.2 Å². The summed E-state index contributed by atoms with van der Waals surface area (Å²) in [7, 11) is -1.90. The molecule has 1 aliphatic heterocycles. The maximum atomic E-state index is 12.7. The Morgan fingerprint density at radius 2 is 1.97 bits per heavy atom. The van der Waals surface area contributed by atoms with E-state index >= 15 is 0 Å². The van der Waals surface area contributed by atoms with Gasteiger partial charge in [0.1, 0.15) is 4.90 Å². The van der Waals surface area contributed by atoms with Crippen molar-refractivity contribution in [2.24, 2.45) is 4.99 Å². The number of thioether (sulfide) groups is 1. The normalized spacial score (nSPS) is 14.3. The zero-order chi connectivity index (χ0) is 23.3. The lowest BCUT2D eigenvalue weighted by molar-refractivity contribution is 0.0596. The van der Waals surface area contributed by atoms with Gasteiger partial charge in [0.2, 0.25) is 11.8 Å². The molecule has 0 radical (unpaired) electrons. The molecule has 2 heterocycles. The maximum absolute atomic E-state index is 12.7. The Morgan fingerprint density at radius 1 is 1.22 bits per heavy atom. The second-order valence-corrected chi connectivity index (χ2v) is 9.46. The van der Waals surface area contributed by atoms with E-state index in [1.54, 1.807) is 17.8 Å². The van der Waals surface area contributed by atoms with E-state index in [4.69, 9.17) is 4.74 Å². The van der Waals surface area contributed by atoms with Crippen molar-refractivity contribution in [3.63, 3.8) is 0 Å². The fourth-order valence-corrected chi connectivity index (χ4v) is 5.06. The number of nitrogens with one attached hydrogen (secondary N) is 2. The van der Waals surface area contributed by atoms with E-state index in [0.29, 0.717) is 12.2 Å². The molecule has 3 rings (SSSR count). The first kappa shape index (κ1) is 23.8. The van der Waals surface area contributed by atoms with Gasteiger partial charge in [0.05, 0.1) is 35.8 Å². The van der Waals surface area contributed by atoms with Gasteiger partial charge in [-0.05, 0) is 12.1 Å². The molecule has 1 atom stereocenters. The van der Waals surface area contributed by atoms with E-state index in [-0.39, 0.29) is 17.4 Å². The molecule has 1 aromatic heterocycles. The van der Waals surface area contributed by atoms with Crippen LogP contribution in [0.25, 0.3) is 0 Å². The Morgan fingerprint density at radius 3 is 2.62 bits per heavy atom. The number of carbonyl (C=O) groups excluding carboxylic acids is 2. The molecule has 0 fully saturated rings. The van der Waals surface area contributed by atoms with Gasteiger partial charge in [0.25, 0.3) is 10.0 Å².